The first-order chi connectivity index (χ1) is 28.4. The second-order valence-corrected chi connectivity index (χ2v) is 15.1. The van der Waals surface area contributed by atoms with Gasteiger partial charge in [-0.2, -0.15) is 22.7 Å². The molecule has 1 aliphatic rings. The van der Waals surface area contributed by atoms with Crippen molar-refractivity contribution in [3.63, 3.8) is 0 Å². The van der Waals surface area contributed by atoms with Crippen LogP contribution >= 0.6 is 22.9 Å². The Morgan fingerprint density at radius 1 is 0.983 bits per heavy atom. The molecule has 302 valence electrons. The predicted octanol–water partition coefficient (Wildman–Crippen LogP) is 7.29. The van der Waals surface area contributed by atoms with Gasteiger partial charge in [0.2, 0.25) is 11.7 Å². The minimum atomic E-state index is -4.62. The maximum absolute atomic E-state index is 14.5. The first-order valence-corrected chi connectivity index (χ1v) is 19.8. The van der Waals surface area contributed by atoms with E-state index < -0.39 is 23.2 Å². The van der Waals surface area contributed by atoms with Crippen LogP contribution in [0.2, 0.25) is 5.02 Å². The number of piperazine rings is 1. The number of alkyl halides is 3. The van der Waals surface area contributed by atoms with E-state index in [0.717, 1.165) is 38.4 Å². The largest absolute Gasteiger partial charge is 0.485 e. The summed E-state index contributed by atoms with van der Waals surface area (Å²) in [7, 11) is 0. The molecule has 0 atom stereocenters. The summed E-state index contributed by atoms with van der Waals surface area (Å²) in [4.78, 5) is 59.0. The lowest BCUT2D eigenvalue weighted by molar-refractivity contribution is -0.137. The van der Waals surface area contributed by atoms with Gasteiger partial charge >= 0.3 is 6.18 Å². The fourth-order valence-corrected chi connectivity index (χ4v) is 8.08. The van der Waals surface area contributed by atoms with E-state index >= 15 is 0 Å². The molecule has 0 saturated carbocycles. The molecule has 1 fully saturated rings. The Labute approximate surface area is 343 Å². The molecule has 59 heavy (non-hydrogen) atoms. The molecular weight excluding hydrogens is 807 g/mol. The molecule has 0 bridgehead atoms. The highest BCUT2D eigenvalue weighted by Gasteiger charge is 2.33. The number of halogens is 4. The molecule has 0 radical (unpaired) electrons. The molecule has 0 aliphatic carbocycles. The van der Waals surface area contributed by atoms with Gasteiger partial charge in [-0.25, -0.2) is 9.97 Å². The number of thiophene rings is 1. The molecule has 7 aromatic rings. The minimum Gasteiger partial charge on any atom is -0.485 e. The van der Waals surface area contributed by atoms with Gasteiger partial charge in [-0.3, -0.25) is 14.4 Å². The Hall–Kier alpha value is -6.33. The quantitative estimate of drug-likeness (QED) is 0.151. The second-order valence-electron chi connectivity index (χ2n) is 13.8. The molecule has 0 spiro atoms. The maximum atomic E-state index is 14.5. The van der Waals surface area contributed by atoms with Crippen molar-refractivity contribution in [2.24, 2.45) is 0 Å². The van der Waals surface area contributed by atoms with Crippen molar-refractivity contribution < 1.29 is 27.5 Å². The van der Waals surface area contributed by atoms with Gasteiger partial charge in [0.05, 0.1) is 27.7 Å². The highest BCUT2D eigenvalue weighted by molar-refractivity contribution is 7.17. The van der Waals surface area contributed by atoms with Crippen LogP contribution in [0.4, 0.5) is 24.5 Å². The van der Waals surface area contributed by atoms with Crippen molar-refractivity contribution in [1.82, 2.24) is 34.0 Å². The summed E-state index contributed by atoms with van der Waals surface area (Å²) in [6.07, 6.45) is -3.00. The van der Waals surface area contributed by atoms with Gasteiger partial charge in [-0.15, -0.1) is 16.4 Å². The van der Waals surface area contributed by atoms with Crippen molar-refractivity contribution in [3.05, 3.63) is 128 Å². The number of nitrogens with one attached hydrogen (secondary N) is 1. The van der Waals surface area contributed by atoms with Crippen molar-refractivity contribution >= 4 is 62.0 Å². The van der Waals surface area contributed by atoms with Gasteiger partial charge in [-0.1, -0.05) is 48.9 Å². The first-order valence-electron chi connectivity index (χ1n) is 18.6. The molecule has 18 heteroatoms. The Balaban J connectivity index is 1.11. The van der Waals surface area contributed by atoms with Crippen molar-refractivity contribution in [2.75, 3.05) is 36.4 Å². The number of carbonyl (C=O) groups is 2. The smallest absolute Gasteiger partial charge is 0.416 e. The number of fused-ring (bicyclic) bond motifs is 2. The van der Waals surface area contributed by atoms with E-state index in [1.165, 1.54) is 6.33 Å². The van der Waals surface area contributed by atoms with E-state index in [0.29, 0.717) is 29.1 Å². The fraction of sp³-hybridized carbons (Fsp3) is 0.244. The van der Waals surface area contributed by atoms with Gasteiger partial charge in [0.1, 0.15) is 25.2 Å². The SMILES string of the molecule is CCc1c(N2CCN(C(=O)c3ncnc(C)c3OCc3ccccc3)CC2)c(=O)n2nc(-c3ccc4sccc4c3)nc2n1CC(=O)Nc1ccc(C(F)(F)F)cc1Cl. The zero-order valence-corrected chi connectivity index (χ0v) is 33.2. The standard InChI is InChI=1S/C41H35ClF3N9O4S/c1-3-31-35(51-14-16-52(17-15-51)38(56)34-36(24(2)46-23-47-34)58-22-25-7-5-4-6-8-25)39(57)54-40(49-37(50-54)27-9-12-32-26(19-27)13-18-59-32)53(31)21-33(55)48-30-11-10-28(20-29(30)42)41(43,44)45/h4-13,18-20,23H,3,14-17,21-22H2,1-2H3,(H,48,55). The summed E-state index contributed by atoms with van der Waals surface area (Å²) in [5.41, 5.74) is 1.56. The summed E-state index contributed by atoms with van der Waals surface area (Å²) < 4.78 is 49.8. The maximum Gasteiger partial charge on any atom is 0.416 e. The average molecular weight is 842 g/mol. The molecule has 1 aliphatic heterocycles. The minimum absolute atomic E-state index is 0.0143. The summed E-state index contributed by atoms with van der Waals surface area (Å²) in [6, 6.07) is 19.9. The van der Waals surface area contributed by atoms with Gasteiger partial charge in [-0.05, 0) is 72.1 Å². The molecule has 4 aromatic heterocycles. The number of nitrogens with zero attached hydrogens (tertiary/aromatic N) is 8. The van der Waals surface area contributed by atoms with Crippen LogP contribution in [0.15, 0.2) is 89.3 Å². The molecule has 13 nitrogen and oxygen atoms in total. The van der Waals surface area contributed by atoms with Gasteiger partial charge in [0, 0.05) is 36.4 Å². The number of rotatable bonds is 10. The predicted molar refractivity (Wildman–Crippen MR) is 218 cm³/mol. The highest BCUT2D eigenvalue weighted by atomic mass is 35.5. The van der Waals surface area contributed by atoms with E-state index in [4.69, 9.17) is 21.3 Å². The number of hydrogen-bond donors (Lipinski definition) is 1. The molecule has 1 N–H and O–H groups in total. The van der Waals surface area contributed by atoms with Gasteiger partial charge < -0.3 is 24.4 Å². The third-order valence-corrected chi connectivity index (χ3v) is 11.2. The lowest BCUT2D eigenvalue weighted by Crippen LogP contribution is -2.51. The van der Waals surface area contributed by atoms with E-state index in [9.17, 15) is 27.6 Å². The number of hydrogen-bond acceptors (Lipinski definition) is 10. The molecule has 8 rings (SSSR count). The highest BCUT2D eigenvalue weighted by Crippen LogP contribution is 2.34. The van der Waals surface area contributed by atoms with Crippen molar-refractivity contribution in [1.29, 1.82) is 0 Å². The van der Waals surface area contributed by atoms with Gasteiger partial charge in [0.25, 0.3) is 11.5 Å². The lowest BCUT2D eigenvalue weighted by Gasteiger charge is -2.36. The topological polar surface area (TPSA) is 140 Å². The zero-order chi connectivity index (χ0) is 41.4. The number of benzene rings is 3. The normalized spacial score (nSPS) is 13.3. The zero-order valence-electron chi connectivity index (χ0n) is 31.7. The summed E-state index contributed by atoms with van der Waals surface area (Å²) in [5, 5.41) is 9.91. The van der Waals surface area contributed by atoms with Crippen LogP contribution in [0.5, 0.6) is 5.75 Å². The number of amides is 2. The van der Waals surface area contributed by atoms with Crippen LogP contribution in [-0.2, 0) is 30.5 Å². The summed E-state index contributed by atoms with van der Waals surface area (Å²) >= 11 is 7.77. The Kier molecular flexibility index (Phi) is 10.8. The first kappa shape index (κ1) is 39.5. The molecule has 2 amide bonds. The van der Waals surface area contributed by atoms with Crippen molar-refractivity contribution in [2.45, 2.75) is 39.6 Å². The Morgan fingerprint density at radius 3 is 2.49 bits per heavy atom. The molecular formula is C41H35ClF3N9O4S. The van der Waals surface area contributed by atoms with Crippen LogP contribution in [0.1, 0.15) is 39.9 Å². The molecule has 0 unspecified atom stereocenters. The number of aryl methyl sites for hydroxylation is 1. The van der Waals surface area contributed by atoms with Crippen LogP contribution in [0.3, 0.4) is 0 Å². The second kappa shape index (κ2) is 16.1. The lowest BCUT2D eigenvalue weighted by atomic mass is 10.1. The van der Waals surface area contributed by atoms with E-state index in [2.05, 4.69) is 20.4 Å². The number of ether oxygens (including phenoxy) is 1. The van der Waals surface area contributed by atoms with E-state index in [1.54, 1.807) is 27.7 Å². The number of anilines is 2. The Bertz CT molecular complexity index is 2780. The molecule has 3 aromatic carbocycles. The van der Waals surface area contributed by atoms with Gasteiger partial charge in [0.15, 0.2) is 17.3 Å². The number of aromatic nitrogens is 6. The average Bonchev–Trinajstić information content (AvgIpc) is 3.90. The van der Waals surface area contributed by atoms with E-state index in [1.807, 2.05) is 71.8 Å². The van der Waals surface area contributed by atoms with Crippen LogP contribution in [0, 0.1) is 6.92 Å². The molecule has 1 saturated heterocycles. The summed E-state index contributed by atoms with van der Waals surface area (Å²) in [6.45, 7) is 4.41. The molecule has 5 heterocycles. The fourth-order valence-electron chi connectivity index (χ4n) is 7.08. The third kappa shape index (κ3) is 7.94. The van der Waals surface area contributed by atoms with Crippen LogP contribution in [0.25, 0.3) is 27.3 Å². The third-order valence-electron chi connectivity index (χ3n) is 10.0. The summed E-state index contributed by atoms with van der Waals surface area (Å²) in [5.74, 6) is -0.316. The van der Waals surface area contributed by atoms with Crippen molar-refractivity contribution in [3.8, 4) is 17.1 Å². The monoisotopic (exact) mass is 841 g/mol. The van der Waals surface area contributed by atoms with E-state index in [-0.39, 0.29) is 78.9 Å². The Morgan fingerprint density at radius 2 is 1.76 bits per heavy atom. The number of carbonyl (C=O) groups excluding carboxylic acids is 2. The van der Waals surface area contributed by atoms with Crippen LogP contribution in [-0.4, -0.2) is 72.0 Å². The van der Waals surface area contributed by atoms with Crippen LogP contribution < -0.4 is 20.5 Å².